The van der Waals surface area contributed by atoms with Gasteiger partial charge in [0.2, 0.25) is 0 Å². The van der Waals surface area contributed by atoms with E-state index >= 15 is 0 Å². The molecule has 1 aliphatic heterocycles. The molecule has 9 heavy (non-hydrogen) atoms. The molecule has 0 radical (unpaired) electrons. The Labute approximate surface area is 55.0 Å². The van der Waals surface area contributed by atoms with Crippen LogP contribution in [0.5, 0.6) is 0 Å². The topological polar surface area (TPSA) is 28.0 Å². The highest BCUT2D eigenvalue weighted by atomic mass is 15.6. The summed E-state index contributed by atoms with van der Waals surface area (Å²) in [5, 5.41) is 9.68. The molecule has 0 amide bonds. The van der Waals surface area contributed by atoms with Gasteiger partial charge in [0.25, 0.3) is 0 Å². The van der Waals surface area contributed by atoms with Gasteiger partial charge in [-0.05, 0) is 6.92 Å². The fourth-order valence-corrected chi connectivity index (χ4v) is 0.767. The first-order valence-electron chi connectivity index (χ1n) is 3.09. The van der Waals surface area contributed by atoms with E-state index in [1.807, 2.05) is 11.1 Å². The zero-order valence-corrected chi connectivity index (χ0v) is 5.62. The zero-order chi connectivity index (χ0) is 6.69. The minimum Gasteiger partial charge on any atom is -0.270 e. The van der Waals surface area contributed by atoms with Gasteiger partial charge in [-0.25, -0.2) is 0 Å². The van der Waals surface area contributed by atoms with Crippen molar-refractivity contribution in [3.8, 4) is 0 Å². The van der Waals surface area contributed by atoms with E-state index in [1.165, 1.54) is 0 Å². The summed E-state index contributed by atoms with van der Waals surface area (Å²) in [6, 6.07) is 0.461. The van der Waals surface area contributed by atoms with Crippen molar-refractivity contribution in [2.75, 3.05) is 13.1 Å². The standard InChI is InChI=1S/C6H11N3/c1-3-4-9-6(2)5-7-8-9/h3,6H,1,4-5H2,2H3. The van der Waals surface area contributed by atoms with Crippen molar-refractivity contribution in [3.05, 3.63) is 12.7 Å². The Morgan fingerprint density at radius 2 is 2.67 bits per heavy atom. The quantitative estimate of drug-likeness (QED) is 0.510. The van der Waals surface area contributed by atoms with E-state index < -0.39 is 0 Å². The first-order valence-corrected chi connectivity index (χ1v) is 3.09. The van der Waals surface area contributed by atoms with Gasteiger partial charge >= 0.3 is 0 Å². The second kappa shape index (κ2) is 2.62. The van der Waals surface area contributed by atoms with Gasteiger partial charge in [0.05, 0.1) is 19.1 Å². The van der Waals surface area contributed by atoms with Gasteiger partial charge in [0, 0.05) is 0 Å². The number of rotatable bonds is 2. The number of hydrogen-bond donors (Lipinski definition) is 0. The van der Waals surface area contributed by atoms with Crippen molar-refractivity contribution in [1.29, 1.82) is 0 Å². The summed E-state index contributed by atoms with van der Waals surface area (Å²) in [5.41, 5.74) is 0. The Morgan fingerprint density at radius 1 is 1.89 bits per heavy atom. The summed E-state index contributed by atoms with van der Waals surface area (Å²) in [6.07, 6.45) is 1.83. The molecule has 0 N–H and O–H groups in total. The molecular formula is C6H11N3. The van der Waals surface area contributed by atoms with Crippen LogP contribution >= 0.6 is 0 Å². The molecule has 0 saturated heterocycles. The third-order valence-corrected chi connectivity index (χ3v) is 1.35. The minimum atomic E-state index is 0.461. The van der Waals surface area contributed by atoms with Gasteiger partial charge in [-0.2, -0.15) is 5.11 Å². The van der Waals surface area contributed by atoms with Crippen LogP contribution in [-0.2, 0) is 0 Å². The molecular weight excluding hydrogens is 114 g/mol. The van der Waals surface area contributed by atoms with Crippen molar-refractivity contribution in [2.45, 2.75) is 13.0 Å². The van der Waals surface area contributed by atoms with E-state index in [4.69, 9.17) is 0 Å². The smallest absolute Gasteiger partial charge is 0.0838 e. The predicted octanol–water partition coefficient (Wildman–Crippen LogP) is 1.24. The van der Waals surface area contributed by atoms with Crippen molar-refractivity contribution in [3.63, 3.8) is 0 Å². The first kappa shape index (κ1) is 6.26. The van der Waals surface area contributed by atoms with Crippen LogP contribution in [-0.4, -0.2) is 24.1 Å². The average molecular weight is 125 g/mol. The lowest BCUT2D eigenvalue weighted by Gasteiger charge is -2.14. The van der Waals surface area contributed by atoms with Crippen LogP contribution in [0.15, 0.2) is 23.0 Å². The predicted molar refractivity (Wildman–Crippen MR) is 36.1 cm³/mol. The van der Waals surface area contributed by atoms with Crippen LogP contribution in [0.25, 0.3) is 0 Å². The highest BCUT2D eigenvalue weighted by molar-refractivity contribution is 4.77. The van der Waals surface area contributed by atoms with Crippen molar-refractivity contribution >= 4 is 0 Å². The molecule has 1 rings (SSSR count). The normalized spacial score (nSPS) is 25.0. The molecule has 0 fully saturated rings. The maximum Gasteiger partial charge on any atom is 0.0838 e. The summed E-state index contributed by atoms with van der Waals surface area (Å²) in [4.78, 5) is 0. The second-order valence-electron chi connectivity index (χ2n) is 2.17. The molecule has 3 nitrogen and oxygen atoms in total. The lowest BCUT2D eigenvalue weighted by Crippen LogP contribution is -2.25. The minimum absolute atomic E-state index is 0.461. The fraction of sp³-hybridized carbons (Fsp3) is 0.667. The van der Waals surface area contributed by atoms with E-state index in [0.29, 0.717) is 6.04 Å². The van der Waals surface area contributed by atoms with E-state index in [0.717, 1.165) is 13.1 Å². The maximum atomic E-state index is 3.89. The Hall–Kier alpha value is -0.860. The molecule has 1 atom stereocenters. The van der Waals surface area contributed by atoms with Gasteiger partial charge in [-0.15, -0.1) is 6.58 Å². The lowest BCUT2D eigenvalue weighted by molar-refractivity contribution is 0.280. The molecule has 1 unspecified atom stereocenters. The van der Waals surface area contributed by atoms with Crippen LogP contribution in [0.3, 0.4) is 0 Å². The molecule has 0 saturated carbocycles. The van der Waals surface area contributed by atoms with Gasteiger partial charge in [0.1, 0.15) is 0 Å². The summed E-state index contributed by atoms with van der Waals surface area (Å²) < 4.78 is 0. The van der Waals surface area contributed by atoms with Gasteiger partial charge in [-0.3, -0.25) is 5.01 Å². The zero-order valence-electron chi connectivity index (χ0n) is 5.62. The van der Waals surface area contributed by atoms with Crippen LogP contribution in [0.4, 0.5) is 0 Å². The first-order chi connectivity index (χ1) is 4.34. The van der Waals surface area contributed by atoms with Gasteiger partial charge < -0.3 is 0 Å². The Morgan fingerprint density at radius 3 is 3.11 bits per heavy atom. The van der Waals surface area contributed by atoms with Crippen molar-refractivity contribution in [2.24, 2.45) is 10.3 Å². The molecule has 1 heterocycles. The third kappa shape index (κ3) is 1.28. The Balaban J connectivity index is 2.39. The SMILES string of the molecule is C=CCN1N=NCC1C. The highest BCUT2D eigenvalue weighted by Crippen LogP contribution is 2.07. The molecule has 0 bridgehead atoms. The molecule has 0 aromatic rings. The molecule has 3 heteroatoms. The lowest BCUT2D eigenvalue weighted by atomic mass is 10.3. The van der Waals surface area contributed by atoms with Crippen LogP contribution in [0.2, 0.25) is 0 Å². The van der Waals surface area contributed by atoms with Crippen LogP contribution < -0.4 is 0 Å². The monoisotopic (exact) mass is 125 g/mol. The van der Waals surface area contributed by atoms with E-state index in [-0.39, 0.29) is 0 Å². The number of nitrogens with zero attached hydrogens (tertiary/aromatic N) is 3. The molecule has 1 aliphatic rings. The van der Waals surface area contributed by atoms with E-state index in [1.54, 1.807) is 0 Å². The van der Waals surface area contributed by atoms with Gasteiger partial charge in [0.15, 0.2) is 0 Å². The molecule has 0 spiro atoms. The Kier molecular flexibility index (Phi) is 1.82. The highest BCUT2D eigenvalue weighted by Gasteiger charge is 2.14. The fourth-order valence-electron chi connectivity index (χ4n) is 0.767. The third-order valence-electron chi connectivity index (χ3n) is 1.35. The second-order valence-corrected chi connectivity index (χ2v) is 2.17. The molecule has 0 aliphatic carbocycles. The number of hydrogen-bond acceptors (Lipinski definition) is 3. The van der Waals surface area contributed by atoms with Crippen molar-refractivity contribution < 1.29 is 0 Å². The molecule has 0 aromatic heterocycles. The summed E-state index contributed by atoms with van der Waals surface area (Å²) in [7, 11) is 0. The molecule has 0 aromatic carbocycles. The van der Waals surface area contributed by atoms with Crippen molar-refractivity contribution in [1.82, 2.24) is 5.01 Å². The summed E-state index contributed by atoms with van der Waals surface area (Å²) >= 11 is 0. The Bertz CT molecular complexity index is 130. The maximum absolute atomic E-state index is 3.89. The van der Waals surface area contributed by atoms with E-state index in [9.17, 15) is 0 Å². The van der Waals surface area contributed by atoms with Crippen LogP contribution in [0, 0.1) is 0 Å². The van der Waals surface area contributed by atoms with Crippen LogP contribution in [0.1, 0.15) is 6.92 Å². The van der Waals surface area contributed by atoms with Gasteiger partial charge in [-0.1, -0.05) is 11.3 Å². The van der Waals surface area contributed by atoms with E-state index in [2.05, 4.69) is 23.8 Å². The largest absolute Gasteiger partial charge is 0.270 e. The summed E-state index contributed by atoms with van der Waals surface area (Å²) in [6.45, 7) is 7.35. The summed E-state index contributed by atoms with van der Waals surface area (Å²) in [5.74, 6) is 0. The average Bonchev–Trinajstić information content (AvgIpc) is 2.18. The molecule has 50 valence electrons.